The summed E-state index contributed by atoms with van der Waals surface area (Å²) in [5.41, 5.74) is 0. The van der Waals surface area contributed by atoms with Crippen molar-refractivity contribution >= 4 is 26.6 Å². The van der Waals surface area contributed by atoms with E-state index in [1.54, 1.807) is 42.9 Å². The zero-order valence-corrected chi connectivity index (χ0v) is 18.0. The number of benzene rings is 1. The summed E-state index contributed by atoms with van der Waals surface area (Å²) in [4.78, 5) is 15.0. The summed E-state index contributed by atoms with van der Waals surface area (Å²) in [5.74, 6) is 0.397. The monoisotopic (exact) mass is 439 g/mol. The number of likely N-dealkylation sites (tertiary alicyclic amines) is 1. The van der Waals surface area contributed by atoms with Crippen molar-refractivity contribution in [3.63, 3.8) is 0 Å². The normalized spacial score (nSPS) is 20.8. The number of hydrogen-bond acceptors (Lipinski definition) is 7. The van der Waals surface area contributed by atoms with E-state index in [0.717, 1.165) is 43.0 Å². The molecule has 0 saturated carbocycles. The fourth-order valence-corrected chi connectivity index (χ4v) is 6.30. The number of ether oxygens (including phenoxy) is 1. The van der Waals surface area contributed by atoms with Crippen molar-refractivity contribution < 1.29 is 13.2 Å². The average Bonchev–Trinajstić information content (AvgIpc) is 3.29. The number of anilines is 1. The van der Waals surface area contributed by atoms with Crippen LogP contribution >= 0.6 is 0 Å². The lowest BCUT2D eigenvalue weighted by Gasteiger charge is -2.40. The third kappa shape index (κ3) is 3.88. The minimum absolute atomic E-state index is 0.253. The van der Waals surface area contributed by atoms with Crippen molar-refractivity contribution in [3.8, 4) is 0 Å². The van der Waals surface area contributed by atoms with Gasteiger partial charge >= 0.3 is 0 Å². The molecule has 0 radical (unpaired) electrons. The Hall–Kier alpha value is -2.62. The molecule has 2 saturated heterocycles. The fourth-order valence-electron chi connectivity index (χ4n) is 4.65. The molecule has 2 aliphatic rings. The number of hydrogen-bond donors (Lipinski definition) is 0. The van der Waals surface area contributed by atoms with Crippen molar-refractivity contribution in [1.82, 2.24) is 19.9 Å². The fraction of sp³-hybridized carbons (Fsp3) is 0.409. The first-order valence-electron chi connectivity index (χ1n) is 10.6. The van der Waals surface area contributed by atoms with Crippen molar-refractivity contribution in [3.05, 3.63) is 55.2 Å². The second-order valence-electron chi connectivity index (χ2n) is 7.96. The Labute approximate surface area is 181 Å². The van der Waals surface area contributed by atoms with Gasteiger partial charge < -0.3 is 4.74 Å². The molecular formula is C22H25N5O3S. The van der Waals surface area contributed by atoms with Crippen LogP contribution in [-0.2, 0) is 14.8 Å². The van der Waals surface area contributed by atoms with Crippen LogP contribution in [0, 0.1) is 0 Å². The average molecular weight is 440 g/mol. The van der Waals surface area contributed by atoms with Gasteiger partial charge in [0, 0.05) is 55.8 Å². The topological polar surface area (TPSA) is 88.5 Å². The first-order chi connectivity index (χ1) is 15.1. The standard InChI is InChI=1S/C22H25N5O3S/c28-31(29,20-4-3-18-15-23-9-5-17(18)14-20)27(21-6-10-24-16-25-21)22-2-1-11-26(22)19-7-12-30-13-8-19/h3-6,9-10,14-16,19,22H,1-2,7-8,11-13H2. The lowest BCUT2D eigenvalue weighted by molar-refractivity contribution is 0.0308. The summed E-state index contributed by atoms with van der Waals surface area (Å²) in [7, 11) is -3.85. The van der Waals surface area contributed by atoms with Crippen LogP contribution in [0.2, 0.25) is 0 Å². The number of pyridine rings is 1. The van der Waals surface area contributed by atoms with E-state index in [1.807, 2.05) is 6.07 Å². The summed E-state index contributed by atoms with van der Waals surface area (Å²) in [6.45, 7) is 2.30. The minimum Gasteiger partial charge on any atom is -0.381 e. The lowest BCUT2D eigenvalue weighted by atomic mass is 10.1. The van der Waals surface area contributed by atoms with Gasteiger partial charge in [-0.15, -0.1) is 0 Å². The zero-order valence-electron chi connectivity index (χ0n) is 17.2. The first-order valence-corrected chi connectivity index (χ1v) is 12.1. The maximum Gasteiger partial charge on any atom is 0.266 e. The molecule has 0 bridgehead atoms. The van der Waals surface area contributed by atoms with Gasteiger partial charge in [-0.05, 0) is 49.3 Å². The maximum atomic E-state index is 14.0. The van der Waals surface area contributed by atoms with Crippen LogP contribution in [0.1, 0.15) is 25.7 Å². The molecule has 0 N–H and O–H groups in total. The molecule has 4 heterocycles. The number of aromatic nitrogens is 3. The first kappa shape index (κ1) is 20.3. The Morgan fingerprint density at radius 1 is 1.00 bits per heavy atom. The SMILES string of the molecule is O=S(=O)(c1ccc2cnccc2c1)N(c1ccncn1)C1CCCN1C1CCOCC1. The largest absolute Gasteiger partial charge is 0.381 e. The van der Waals surface area contributed by atoms with Crippen LogP contribution in [0.4, 0.5) is 5.82 Å². The zero-order chi connectivity index (χ0) is 21.3. The number of sulfonamides is 1. The Balaban J connectivity index is 1.58. The highest BCUT2D eigenvalue weighted by molar-refractivity contribution is 7.92. The molecule has 2 aromatic heterocycles. The number of fused-ring (bicyclic) bond motifs is 1. The van der Waals surface area contributed by atoms with Crippen molar-refractivity contribution in [2.24, 2.45) is 0 Å². The summed E-state index contributed by atoms with van der Waals surface area (Å²) < 4.78 is 35.0. The van der Waals surface area contributed by atoms with Gasteiger partial charge in [0.2, 0.25) is 0 Å². The van der Waals surface area contributed by atoms with E-state index in [0.29, 0.717) is 25.1 Å². The van der Waals surface area contributed by atoms with Gasteiger partial charge in [-0.3, -0.25) is 9.88 Å². The Bertz CT molecular complexity index is 1150. The molecule has 1 atom stereocenters. The molecule has 9 heteroatoms. The lowest BCUT2D eigenvalue weighted by Crippen LogP contribution is -2.53. The Morgan fingerprint density at radius 3 is 2.65 bits per heavy atom. The van der Waals surface area contributed by atoms with E-state index in [4.69, 9.17) is 4.74 Å². The molecule has 1 aromatic carbocycles. The second-order valence-corrected chi connectivity index (χ2v) is 9.77. The predicted octanol–water partition coefficient (Wildman–Crippen LogP) is 2.82. The van der Waals surface area contributed by atoms with Crippen LogP contribution in [0.15, 0.2) is 60.1 Å². The molecule has 162 valence electrons. The van der Waals surface area contributed by atoms with Gasteiger partial charge in [0.25, 0.3) is 10.0 Å². The molecule has 0 spiro atoms. The second kappa shape index (κ2) is 8.49. The van der Waals surface area contributed by atoms with Crippen molar-refractivity contribution in [2.75, 3.05) is 24.1 Å². The van der Waals surface area contributed by atoms with E-state index >= 15 is 0 Å². The third-order valence-electron chi connectivity index (χ3n) is 6.15. The number of rotatable bonds is 5. The van der Waals surface area contributed by atoms with E-state index in [2.05, 4.69) is 19.9 Å². The molecule has 0 amide bonds. The highest BCUT2D eigenvalue weighted by Gasteiger charge is 2.41. The molecular weight excluding hydrogens is 414 g/mol. The van der Waals surface area contributed by atoms with Gasteiger partial charge in [-0.1, -0.05) is 6.07 Å². The molecule has 2 aliphatic heterocycles. The number of nitrogens with zero attached hydrogens (tertiary/aromatic N) is 5. The summed E-state index contributed by atoms with van der Waals surface area (Å²) in [6.07, 6.45) is 9.65. The Kier molecular flexibility index (Phi) is 5.56. The smallest absolute Gasteiger partial charge is 0.266 e. The summed E-state index contributed by atoms with van der Waals surface area (Å²) >= 11 is 0. The van der Waals surface area contributed by atoms with Gasteiger partial charge in [0.1, 0.15) is 12.1 Å². The Morgan fingerprint density at radius 2 is 1.84 bits per heavy atom. The van der Waals surface area contributed by atoms with E-state index in [1.165, 1.54) is 10.6 Å². The molecule has 0 aliphatic carbocycles. The summed E-state index contributed by atoms with van der Waals surface area (Å²) in [5, 5.41) is 1.74. The molecule has 5 rings (SSSR count). The maximum absolute atomic E-state index is 14.0. The quantitative estimate of drug-likeness (QED) is 0.604. The molecule has 8 nitrogen and oxygen atoms in total. The van der Waals surface area contributed by atoms with E-state index in [-0.39, 0.29) is 11.1 Å². The van der Waals surface area contributed by atoms with Crippen LogP contribution in [0.25, 0.3) is 10.8 Å². The molecule has 1 unspecified atom stereocenters. The molecule has 31 heavy (non-hydrogen) atoms. The highest BCUT2D eigenvalue weighted by atomic mass is 32.2. The highest BCUT2D eigenvalue weighted by Crippen LogP contribution is 2.34. The van der Waals surface area contributed by atoms with Crippen LogP contribution in [-0.4, -0.2) is 60.2 Å². The van der Waals surface area contributed by atoms with Crippen LogP contribution in [0.3, 0.4) is 0 Å². The van der Waals surface area contributed by atoms with Gasteiger partial charge in [-0.2, -0.15) is 0 Å². The van der Waals surface area contributed by atoms with Crippen LogP contribution < -0.4 is 4.31 Å². The minimum atomic E-state index is -3.85. The van der Waals surface area contributed by atoms with Crippen LogP contribution in [0.5, 0.6) is 0 Å². The van der Waals surface area contributed by atoms with E-state index < -0.39 is 10.0 Å². The van der Waals surface area contributed by atoms with Gasteiger partial charge in [0.15, 0.2) is 0 Å². The predicted molar refractivity (Wildman–Crippen MR) is 117 cm³/mol. The van der Waals surface area contributed by atoms with Gasteiger partial charge in [-0.25, -0.2) is 22.7 Å². The molecule has 3 aromatic rings. The summed E-state index contributed by atoms with van der Waals surface area (Å²) in [6, 6.07) is 8.98. The molecule has 2 fully saturated rings. The van der Waals surface area contributed by atoms with Gasteiger partial charge in [0.05, 0.1) is 11.1 Å². The third-order valence-corrected chi connectivity index (χ3v) is 7.95. The van der Waals surface area contributed by atoms with E-state index in [9.17, 15) is 8.42 Å². The van der Waals surface area contributed by atoms with Crippen molar-refractivity contribution in [1.29, 1.82) is 0 Å². The van der Waals surface area contributed by atoms with Crippen molar-refractivity contribution in [2.45, 2.75) is 42.8 Å².